The molecule has 72 valence electrons. The summed E-state index contributed by atoms with van der Waals surface area (Å²) in [6.07, 6.45) is 3.89. The van der Waals surface area contributed by atoms with Gasteiger partial charge in [0.2, 0.25) is 0 Å². The Morgan fingerprint density at radius 2 is 2.38 bits per heavy atom. The lowest BCUT2D eigenvalue weighted by Crippen LogP contribution is -2.07. The van der Waals surface area contributed by atoms with E-state index in [4.69, 9.17) is 23.2 Å². The predicted molar refractivity (Wildman–Crippen MR) is 55.5 cm³/mol. The second-order valence-corrected chi connectivity index (χ2v) is 3.87. The minimum absolute atomic E-state index is 0.160. The van der Waals surface area contributed by atoms with Gasteiger partial charge < -0.3 is 5.32 Å². The molecule has 1 aromatic heterocycles. The number of hydrogen-bond donors (Lipinski definition) is 1. The lowest BCUT2D eigenvalue weighted by molar-refractivity contribution is 0.838. The van der Waals surface area contributed by atoms with Crippen molar-refractivity contribution >= 4 is 29.0 Å². The molecular formula is C8H11Cl2N3. The van der Waals surface area contributed by atoms with E-state index in [1.165, 1.54) is 6.33 Å². The van der Waals surface area contributed by atoms with Crippen molar-refractivity contribution in [2.75, 3.05) is 11.9 Å². The maximum atomic E-state index is 5.82. The summed E-state index contributed by atoms with van der Waals surface area (Å²) in [5, 5.41) is 3.77. The van der Waals surface area contributed by atoms with Gasteiger partial charge in [-0.3, -0.25) is 0 Å². The fourth-order valence-corrected chi connectivity index (χ4v) is 1.11. The largest absolute Gasteiger partial charge is 0.369 e. The molecule has 0 amide bonds. The molecule has 0 bridgehead atoms. The first kappa shape index (κ1) is 10.5. The normalized spacial score (nSPS) is 12.5. The van der Waals surface area contributed by atoms with E-state index in [1.807, 2.05) is 6.92 Å². The third-order valence-electron chi connectivity index (χ3n) is 1.50. The van der Waals surface area contributed by atoms with E-state index in [2.05, 4.69) is 15.3 Å². The summed E-state index contributed by atoms with van der Waals surface area (Å²) < 4.78 is 0. The van der Waals surface area contributed by atoms with Crippen LogP contribution >= 0.6 is 23.2 Å². The third-order valence-corrected chi connectivity index (χ3v) is 2.00. The molecule has 0 aliphatic rings. The summed E-state index contributed by atoms with van der Waals surface area (Å²) in [5.41, 5.74) is 0. The average Bonchev–Trinajstić information content (AvgIpc) is 2.08. The van der Waals surface area contributed by atoms with Crippen molar-refractivity contribution < 1.29 is 0 Å². The molecule has 0 aliphatic heterocycles. The minimum Gasteiger partial charge on any atom is -0.369 e. The number of halogens is 2. The number of aromatic nitrogens is 2. The Bertz CT molecular complexity index is 265. The zero-order chi connectivity index (χ0) is 9.68. The van der Waals surface area contributed by atoms with E-state index in [0.717, 1.165) is 13.0 Å². The van der Waals surface area contributed by atoms with E-state index in [0.29, 0.717) is 10.8 Å². The first-order chi connectivity index (χ1) is 6.20. The Hall–Kier alpha value is -0.540. The van der Waals surface area contributed by atoms with Crippen LogP contribution in [0.2, 0.25) is 5.02 Å². The first-order valence-corrected chi connectivity index (χ1v) is 4.85. The second-order valence-electron chi connectivity index (χ2n) is 2.72. The fourth-order valence-electron chi connectivity index (χ4n) is 0.832. The quantitative estimate of drug-likeness (QED) is 0.792. The van der Waals surface area contributed by atoms with Crippen LogP contribution < -0.4 is 5.32 Å². The van der Waals surface area contributed by atoms with Gasteiger partial charge in [0.1, 0.15) is 17.2 Å². The third kappa shape index (κ3) is 3.79. The summed E-state index contributed by atoms with van der Waals surface area (Å²) in [7, 11) is 0. The van der Waals surface area contributed by atoms with Gasteiger partial charge in [-0.15, -0.1) is 11.6 Å². The van der Waals surface area contributed by atoms with Gasteiger partial charge in [0, 0.05) is 11.9 Å². The smallest absolute Gasteiger partial charge is 0.148 e. The molecule has 1 rings (SSSR count). The van der Waals surface area contributed by atoms with Gasteiger partial charge in [0.15, 0.2) is 0 Å². The van der Waals surface area contributed by atoms with Gasteiger partial charge in [-0.05, 0) is 13.3 Å². The van der Waals surface area contributed by atoms with Crippen molar-refractivity contribution in [3.05, 3.63) is 17.5 Å². The molecule has 1 unspecified atom stereocenters. The summed E-state index contributed by atoms with van der Waals surface area (Å²) in [4.78, 5) is 7.76. The zero-order valence-corrected chi connectivity index (χ0v) is 8.81. The molecule has 0 aromatic carbocycles. The molecule has 1 aromatic rings. The van der Waals surface area contributed by atoms with Gasteiger partial charge >= 0.3 is 0 Å². The highest BCUT2D eigenvalue weighted by Crippen LogP contribution is 2.15. The maximum Gasteiger partial charge on any atom is 0.148 e. The number of rotatable bonds is 4. The average molecular weight is 220 g/mol. The second kappa shape index (κ2) is 5.25. The van der Waals surface area contributed by atoms with Crippen LogP contribution in [0.15, 0.2) is 12.5 Å². The van der Waals surface area contributed by atoms with Crippen molar-refractivity contribution in [3.63, 3.8) is 0 Å². The van der Waals surface area contributed by atoms with Crippen LogP contribution in [0.4, 0.5) is 5.82 Å². The summed E-state index contributed by atoms with van der Waals surface area (Å²) in [6, 6.07) is 0. The first-order valence-electron chi connectivity index (χ1n) is 4.03. The molecule has 0 spiro atoms. The van der Waals surface area contributed by atoms with Crippen LogP contribution in [0.3, 0.4) is 0 Å². The van der Waals surface area contributed by atoms with E-state index in [-0.39, 0.29) is 5.38 Å². The van der Waals surface area contributed by atoms with Crippen LogP contribution in [0.5, 0.6) is 0 Å². The molecular weight excluding hydrogens is 209 g/mol. The van der Waals surface area contributed by atoms with Crippen molar-refractivity contribution in [3.8, 4) is 0 Å². The van der Waals surface area contributed by atoms with E-state index in [1.54, 1.807) is 6.20 Å². The van der Waals surface area contributed by atoms with Crippen LogP contribution in [0, 0.1) is 0 Å². The van der Waals surface area contributed by atoms with Gasteiger partial charge in [-0.2, -0.15) is 0 Å². The van der Waals surface area contributed by atoms with Crippen LogP contribution in [-0.4, -0.2) is 21.9 Å². The van der Waals surface area contributed by atoms with Crippen LogP contribution in [-0.2, 0) is 0 Å². The van der Waals surface area contributed by atoms with Crippen molar-refractivity contribution in [2.45, 2.75) is 18.7 Å². The van der Waals surface area contributed by atoms with Gasteiger partial charge in [0.05, 0.1) is 6.20 Å². The SMILES string of the molecule is CC(Cl)CCNc1ncncc1Cl. The molecule has 1 N–H and O–H groups in total. The molecule has 3 nitrogen and oxygen atoms in total. The summed E-state index contributed by atoms with van der Waals surface area (Å²) in [5.74, 6) is 0.661. The lowest BCUT2D eigenvalue weighted by Gasteiger charge is -2.06. The number of nitrogens with one attached hydrogen (secondary N) is 1. The fraction of sp³-hybridized carbons (Fsp3) is 0.500. The minimum atomic E-state index is 0.160. The lowest BCUT2D eigenvalue weighted by atomic mass is 10.3. The zero-order valence-electron chi connectivity index (χ0n) is 7.30. The standard InChI is InChI=1S/C8H11Cl2N3/c1-6(9)2-3-12-8-7(10)4-11-5-13-8/h4-6H,2-3H2,1H3,(H,11,12,13). The molecule has 5 heteroatoms. The number of anilines is 1. The molecule has 1 heterocycles. The Kier molecular flexibility index (Phi) is 4.25. The Balaban J connectivity index is 2.41. The van der Waals surface area contributed by atoms with Crippen molar-refractivity contribution in [1.29, 1.82) is 0 Å². The van der Waals surface area contributed by atoms with E-state index >= 15 is 0 Å². The number of hydrogen-bond acceptors (Lipinski definition) is 3. The summed E-state index contributed by atoms with van der Waals surface area (Å²) >= 11 is 11.6. The summed E-state index contributed by atoms with van der Waals surface area (Å²) in [6.45, 7) is 2.71. The Labute approximate surface area is 87.5 Å². The van der Waals surface area contributed by atoms with Gasteiger partial charge in [-0.1, -0.05) is 11.6 Å². The van der Waals surface area contributed by atoms with Crippen LogP contribution in [0.25, 0.3) is 0 Å². The van der Waals surface area contributed by atoms with Crippen LogP contribution in [0.1, 0.15) is 13.3 Å². The Morgan fingerprint density at radius 1 is 1.62 bits per heavy atom. The highest BCUT2D eigenvalue weighted by Gasteiger charge is 2.00. The molecule has 0 saturated carbocycles. The number of alkyl halides is 1. The number of nitrogens with zero attached hydrogens (tertiary/aromatic N) is 2. The highest BCUT2D eigenvalue weighted by atomic mass is 35.5. The predicted octanol–water partition coefficient (Wildman–Crippen LogP) is 2.56. The molecule has 1 atom stereocenters. The molecule has 0 saturated heterocycles. The Morgan fingerprint density at radius 3 is 3.00 bits per heavy atom. The van der Waals surface area contributed by atoms with E-state index < -0.39 is 0 Å². The topological polar surface area (TPSA) is 37.8 Å². The van der Waals surface area contributed by atoms with E-state index in [9.17, 15) is 0 Å². The monoisotopic (exact) mass is 219 g/mol. The molecule has 0 aliphatic carbocycles. The van der Waals surface area contributed by atoms with Gasteiger partial charge in [0.25, 0.3) is 0 Å². The molecule has 13 heavy (non-hydrogen) atoms. The van der Waals surface area contributed by atoms with Crippen molar-refractivity contribution in [2.24, 2.45) is 0 Å². The highest BCUT2D eigenvalue weighted by molar-refractivity contribution is 6.32. The maximum absolute atomic E-state index is 5.82. The molecule has 0 radical (unpaired) electrons. The van der Waals surface area contributed by atoms with Crippen molar-refractivity contribution in [1.82, 2.24) is 9.97 Å². The molecule has 0 fully saturated rings. The van der Waals surface area contributed by atoms with Gasteiger partial charge in [-0.25, -0.2) is 9.97 Å².